The van der Waals surface area contributed by atoms with Crippen molar-refractivity contribution < 1.29 is 9.59 Å². The minimum absolute atomic E-state index is 0. The smallest absolute Gasteiger partial charge is 0.239 e. The molecule has 0 aromatic heterocycles. The van der Waals surface area contributed by atoms with Gasteiger partial charge in [0, 0.05) is 18.8 Å². The Morgan fingerprint density at radius 2 is 2.04 bits per heavy atom. The molecule has 2 amide bonds. The number of halogens is 3. The van der Waals surface area contributed by atoms with E-state index in [0.29, 0.717) is 41.8 Å². The average Bonchev–Trinajstić information content (AvgIpc) is 2.88. The second-order valence-corrected chi connectivity index (χ2v) is 6.03. The summed E-state index contributed by atoms with van der Waals surface area (Å²) in [5.74, 6) is -1.05. The predicted octanol–water partition coefficient (Wildman–Crippen LogP) is 2.62. The van der Waals surface area contributed by atoms with Crippen molar-refractivity contribution in [2.75, 3.05) is 24.5 Å². The van der Waals surface area contributed by atoms with Crippen LogP contribution in [0.3, 0.4) is 0 Å². The number of unbranched alkanes of at least 4 members (excludes halogenated alkanes) is 1. The molecule has 1 heterocycles. The number of anilines is 1. The van der Waals surface area contributed by atoms with E-state index in [4.69, 9.17) is 28.9 Å². The van der Waals surface area contributed by atoms with Crippen molar-refractivity contribution in [2.45, 2.75) is 19.3 Å². The number of hydrogen-bond acceptors (Lipinski definition) is 3. The fourth-order valence-corrected chi connectivity index (χ4v) is 2.73. The first-order valence-corrected chi connectivity index (χ1v) is 8.04. The molecule has 1 fully saturated rings. The fourth-order valence-electron chi connectivity index (χ4n) is 2.44. The van der Waals surface area contributed by atoms with Gasteiger partial charge < -0.3 is 16.0 Å². The minimum Gasteiger partial charge on any atom is -0.355 e. The van der Waals surface area contributed by atoms with E-state index in [1.54, 1.807) is 23.1 Å². The predicted molar refractivity (Wildman–Crippen MR) is 95.5 cm³/mol. The second kappa shape index (κ2) is 9.33. The van der Waals surface area contributed by atoms with E-state index < -0.39 is 5.92 Å². The lowest BCUT2D eigenvalue weighted by Gasteiger charge is -2.17. The molecule has 1 unspecified atom stereocenters. The molecule has 1 aliphatic heterocycles. The van der Waals surface area contributed by atoms with Gasteiger partial charge in [-0.05, 0) is 44.0 Å². The molecule has 0 aliphatic carbocycles. The molecule has 128 valence electrons. The third-order valence-corrected chi connectivity index (χ3v) is 4.41. The molecule has 1 saturated heterocycles. The van der Waals surface area contributed by atoms with E-state index in [-0.39, 0.29) is 24.2 Å². The first kappa shape index (κ1) is 20.0. The lowest BCUT2D eigenvalue weighted by Crippen LogP contribution is -2.37. The SMILES string of the molecule is Cl.NCCCCNC(=O)C1CCN(c2ccc(Cl)c(Cl)c2)C1=O. The number of carbonyl (C=O) groups is 2. The number of nitrogens with two attached hydrogens (primary N) is 1. The Kier molecular flexibility index (Phi) is 8.12. The zero-order valence-corrected chi connectivity index (χ0v) is 14.9. The van der Waals surface area contributed by atoms with Crippen molar-refractivity contribution in [2.24, 2.45) is 11.7 Å². The number of nitrogens with one attached hydrogen (secondary N) is 1. The monoisotopic (exact) mass is 379 g/mol. The number of benzene rings is 1. The lowest BCUT2D eigenvalue weighted by atomic mass is 10.1. The van der Waals surface area contributed by atoms with Gasteiger partial charge in [-0.25, -0.2) is 0 Å². The topological polar surface area (TPSA) is 75.4 Å². The maximum absolute atomic E-state index is 12.4. The second-order valence-electron chi connectivity index (χ2n) is 5.22. The molecule has 1 aromatic carbocycles. The highest BCUT2D eigenvalue weighted by molar-refractivity contribution is 6.42. The van der Waals surface area contributed by atoms with Gasteiger partial charge in [0.1, 0.15) is 5.92 Å². The van der Waals surface area contributed by atoms with E-state index in [9.17, 15) is 9.59 Å². The number of carbonyl (C=O) groups excluding carboxylic acids is 2. The van der Waals surface area contributed by atoms with Gasteiger partial charge in [-0.1, -0.05) is 23.2 Å². The molecule has 23 heavy (non-hydrogen) atoms. The summed E-state index contributed by atoms with van der Waals surface area (Å²) in [6, 6.07) is 5.02. The van der Waals surface area contributed by atoms with Gasteiger partial charge in [-0.2, -0.15) is 0 Å². The van der Waals surface area contributed by atoms with Gasteiger partial charge in [-0.15, -0.1) is 12.4 Å². The van der Waals surface area contributed by atoms with Crippen molar-refractivity contribution in [1.82, 2.24) is 5.32 Å². The third kappa shape index (κ3) is 4.98. The van der Waals surface area contributed by atoms with Gasteiger partial charge >= 0.3 is 0 Å². The fraction of sp³-hybridized carbons (Fsp3) is 0.467. The minimum atomic E-state index is -0.632. The van der Waals surface area contributed by atoms with Crippen LogP contribution in [0.5, 0.6) is 0 Å². The molecule has 1 atom stereocenters. The third-order valence-electron chi connectivity index (χ3n) is 3.67. The van der Waals surface area contributed by atoms with Crippen LogP contribution < -0.4 is 16.0 Å². The quantitative estimate of drug-likeness (QED) is 0.588. The highest BCUT2D eigenvalue weighted by atomic mass is 35.5. The molecule has 0 bridgehead atoms. The van der Waals surface area contributed by atoms with Crippen LogP contribution in [0.4, 0.5) is 5.69 Å². The van der Waals surface area contributed by atoms with E-state index in [0.717, 1.165) is 12.8 Å². The number of amides is 2. The van der Waals surface area contributed by atoms with E-state index in [1.165, 1.54) is 0 Å². The van der Waals surface area contributed by atoms with Gasteiger partial charge in [0.25, 0.3) is 0 Å². The summed E-state index contributed by atoms with van der Waals surface area (Å²) in [5.41, 5.74) is 6.07. The Bertz CT molecular complexity index is 569. The molecule has 5 nitrogen and oxygen atoms in total. The van der Waals surface area contributed by atoms with Crippen LogP contribution in [0.1, 0.15) is 19.3 Å². The van der Waals surface area contributed by atoms with Crippen LogP contribution in [0.15, 0.2) is 18.2 Å². The van der Waals surface area contributed by atoms with Crippen LogP contribution in [0, 0.1) is 5.92 Å². The molecule has 0 saturated carbocycles. The Morgan fingerprint density at radius 3 is 2.70 bits per heavy atom. The van der Waals surface area contributed by atoms with Gasteiger partial charge in [-0.3, -0.25) is 9.59 Å². The van der Waals surface area contributed by atoms with Crippen molar-refractivity contribution in [3.8, 4) is 0 Å². The standard InChI is InChI=1S/C15H19Cl2N3O2.ClH/c16-12-4-3-10(9-13(12)17)20-8-5-11(15(20)22)14(21)19-7-2-1-6-18;/h3-4,9,11H,1-2,5-8,18H2,(H,19,21);1H. The van der Waals surface area contributed by atoms with Crippen LogP contribution in [-0.4, -0.2) is 31.4 Å². The summed E-state index contributed by atoms with van der Waals surface area (Å²) >= 11 is 11.9. The van der Waals surface area contributed by atoms with Crippen LogP contribution >= 0.6 is 35.6 Å². The molecule has 0 radical (unpaired) electrons. The zero-order chi connectivity index (χ0) is 16.1. The summed E-state index contributed by atoms with van der Waals surface area (Å²) < 4.78 is 0. The summed E-state index contributed by atoms with van der Waals surface area (Å²) in [6.45, 7) is 1.65. The van der Waals surface area contributed by atoms with E-state index >= 15 is 0 Å². The molecule has 1 aromatic rings. The van der Waals surface area contributed by atoms with Gasteiger partial charge in [0.15, 0.2) is 0 Å². The summed E-state index contributed by atoms with van der Waals surface area (Å²) in [5, 5.41) is 3.62. The molecule has 2 rings (SSSR count). The normalized spacial score (nSPS) is 17.1. The molecular weight excluding hydrogens is 361 g/mol. The Morgan fingerprint density at radius 1 is 1.30 bits per heavy atom. The average molecular weight is 381 g/mol. The summed E-state index contributed by atoms with van der Waals surface area (Å²) in [4.78, 5) is 26.1. The van der Waals surface area contributed by atoms with E-state index in [2.05, 4.69) is 5.32 Å². The number of nitrogens with zero attached hydrogens (tertiary/aromatic N) is 1. The molecular formula is C15H20Cl3N3O2. The Balaban J connectivity index is 0.00000264. The highest BCUT2D eigenvalue weighted by Crippen LogP contribution is 2.31. The Hall–Kier alpha value is -1.01. The summed E-state index contributed by atoms with van der Waals surface area (Å²) in [6.07, 6.45) is 2.18. The molecule has 8 heteroatoms. The number of hydrogen-bond donors (Lipinski definition) is 2. The molecule has 3 N–H and O–H groups in total. The van der Waals surface area contributed by atoms with Crippen LogP contribution in [0.2, 0.25) is 10.0 Å². The maximum atomic E-state index is 12.4. The highest BCUT2D eigenvalue weighted by Gasteiger charge is 2.37. The largest absolute Gasteiger partial charge is 0.355 e. The Labute approximate surface area is 151 Å². The first-order valence-electron chi connectivity index (χ1n) is 7.29. The van der Waals surface area contributed by atoms with E-state index in [1.807, 2.05) is 0 Å². The number of rotatable bonds is 6. The molecule has 1 aliphatic rings. The van der Waals surface area contributed by atoms with Gasteiger partial charge in [0.05, 0.1) is 10.0 Å². The zero-order valence-electron chi connectivity index (χ0n) is 12.6. The van der Waals surface area contributed by atoms with Crippen LogP contribution in [-0.2, 0) is 9.59 Å². The molecule has 0 spiro atoms. The lowest BCUT2D eigenvalue weighted by molar-refractivity contribution is -0.132. The van der Waals surface area contributed by atoms with Crippen molar-refractivity contribution in [3.63, 3.8) is 0 Å². The van der Waals surface area contributed by atoms with Gasteiger partial charge in [0.2, 0.25) is 11.8 Å². The van der Waals surface area contributed by atoms with Crippen molar-refractivity contribution in [3.05, 3.63) is 28.2 Å². The summed E-state index contributed by atoms with van der Waals surface area (Å²) in [7, 11) is 0. The van der Waals surface area contributed by atoms with Crippen molar-refractivity contribution in [1.29, 1.82) is 0 Å². The van der Waals surface area contributed by atoms with Crippen LogP contribution in [0.25, 0.3) is 0 Å². The first-order chi connectivity index (χ1) is 10.5. The van der Waals surface area contributed by atoms with Crippen molar-refractivity contribution >= 4 is 53.1 Å². The maximum Gasteiger partial charge on any atom is 0.239 e.